The molecule has 1 aromatic carbocycles. The quantitative estimate of drug-likeness (QED) is 0.809. The third kappa shape index (κ3) is 2.59. The minimum absolute atomic E-state index is 0.0205. The van der Waals surface area contributed by atoms with E-state index in [0.29, 0.717) is 5.69 Å². The maximum atomic E-state index is 13.2. The summed E-state index contributed by atoms with van der Waals surface area (Å²) in [7, 11) is -3.75. The molecule has 0 atom stereocenters. The summed E-state index contributed by atoms with van der Waals surface area (Å²) >= 11 is 0. The maximum absolute atomic E-state index is 13.2. The van der Waals surface area contributed by atoms with Gasteiger partial charge in [-0.3, -0.25) is 4.72 Å². The number of aromatic nitrogens is 2. The van der Waals surface area contributed by atoms with Gasteiger partial charge in [-0.1, -0.05) is 0 Å². The molecule has 21 heavy (non-hydrogen) atoms. The molecule has 3 rings (SSSR count). The number of hydrogen-bond acceptors (Lipinski definition) is 3. The van der Waals surface area contributed by atoms with Crippen molar-refractivity contribution in [1.82, 2.24) is 9.38 Å². The minimum Gasteiger partial charge on any atom is -0.305 e. The molecule has 2 aromatic heterocycles. The van der Waals surface area contributed by atoms with Crippen molar-refractivity contribution in [3.63, 3.8) is 0 Å². The third-order valence-corrected chi connectivity index (χ3v) is 4.46. The molecule has 1 N–H and O–H groups in total. The summed E-state index contributed by atoms with van der Waals surface area (Å²) in [5.41, 5.74) is 1.40. The van der Waals surface area contributed by atoms with Crippen LogP contribution in [0.5, 0.6) is 0 Å². The monoisotopic (exact) mass is 305 g/mol. The molecular formula is C14H12FN3O2S. The predicted molar refractivity (Wildman–Crippen MR) is 77.1 cm³/mol. The van der Waals surface area contributed by atoms with Crippen LogP contribution in [-0.2, 0) is 10.0 Å². The number of hydrogen-bond donors (Lipinski definition) is 1. The number of aryl methyl sites for hydroxylation is 1. The van der Waals surface area contributed by atoms with E-state index in [1.54, 1.807) is 35.1 Å². The lowest BCUT2D eigenvalue weighted by Gasteiger charge is -2.09. The molecule has 5 nitrogen and oxygen atoms in total. The van der Waals surface area contributed by atoms with Gasteiger partial charge in [0, 0.05) is 18.6 Å². The van der Waals surface area contributed by atoms with Crippen LogP contribution in [0.15, 0.2) is 53.8 Å². The summed E-state index contributed by atoms with van der Waals surface area (Å²) in [5.74, 6) is -0.436. The number of nitrogens with zero attached hydrogens (tertiary/aromatic N) is 2. The van der Waals surface area contributed by atoms with Crippen LogP contribution in [0.4, 0.5) is 10.1 Å². The number of nitrogens with one attached hydrogen (secondary N) is 1. The van der Waals surface area contributed by atoms with Crippen LogP contribution in [0.2, 0.25) is 0 Å². The average molecular weight is 305 g/mol. The Balaban J connectivity index is 1.96. The molecule has 7 heteroatoms. The number of rotatable bonds is 3. The van der Waals surface area contributed by atoms with Gasteiger partial charge in [-0.15, -0.1) is 0 Å². The van der Waals surface area contributed by atoms with Crippen molar-refractivity contribution < 1.29 is 12.8 Å². The molecule has 0 unspecified atom stereocenters. The number of pyridine rings is 1. The van der Waals surface area contributed by atoms with Crippen molar-refractivity contribution in [1.29, 1.82) is 0 Å². The van der Waals surface area contributed by atoms with Crippen LogP contribution >= 0.6 is 0 Å². The Hall–Kier alpha value is -2.41. The van der Waals surface area contributed by atoms with Crippen molar-refractivity contribution in [2.75, 3.05) is 4.72 Å². The van der Waals surface area contributed by atoms with Crippen LogP contribution in [0, 0.1) is 12.7 Å². The number of halogens is 1. The highest BCUT2D eigenvalue weighted by Gasteiger charge is 2.15. The van der Waals surface area contributed by atoms with E-state index in [1.165, 1.54) is 19.1 Å². The summed E-state index contributed by atoms with van der Waals surface area (Å²) < 4.78 is 42.0. The van der Waals surface area contributed by atoms with Crippen molar-refractivity contribution in [3.05, 3.63) is 60.3 Å². The van der Waals surface area contributed by atoms with Crippen LogP contribution in [0.25, 0.3) is 5.65 Å². The van der Waals surface area contributed by atoms with E-state index in [2.05, 4.69) is 9.71 Å². The van der Waals surface area contributed by atoms with E-state index in [9.17, 15) is 12.8 Å². The number of anilines is 1. The first-order chi connectivity index (χ1) is 9.95. The smallest absolute Gasteiger partial charge is 0.261 e. The second-order valence-electron chi connectivity index (χ2n) is 4.63. The van der Waals surface area contributed by atoms with Gasteiger partial charge in [0.05, 0.1) is 10.6 Å². The van der Waals surface area contributed by atoms with Gasteiger partial charge < -0.3 is 4.40 Å². The molecule has 0 radical (unpaired) electrons. The number of benzene rings is 1. The number of imidazole rings is 1. The Kier molecular flexibility index (Phi) is 3.13. The molecule has 0 amide bonds. The fourth-order valence-electron chi connectivity index (χ4n) is 1.98. The lowest BCUT2D eigenvalue weighted by Crippen LogP contribution is -2.13. The SMILES string of the molecule is Cc1cc(S(=O)(=O)Nc2ccc3nccn3c2)ccc1F. The molecule has 0 aliphatic carbocycles. The summed E-state index contributed by atoms with van der Waals surface area (Å²) in [5, 5.41) is 0. The molecular weight excluding hydrogens is 293 g/mol. The van der Waals surface area contributed by atoms with Gasteiger partial charge in [0.25, 0.3) is 10.0 Å². The molecule has 0 saturated carbocycles. The molecule has 3 aromatic rings. The molecule has 0 saturated heterocycles. The lowest BCUT2D eigenvalue weighted by atomic mass is 10.2. The summed E-state index contributed by atoms with van der Waals surface area (Å²) in [4.78, 5) is 4.10. The highest BCUT2D eigenvalue weighted by Crippen LogP contribution is 2.19. The molecule has 0 fully saturated rings. The first-order valence-corrected chi connectivity index (χ1v) is 7.66. The van der Waals surface area contributed by atoms with Gasteiger partial charge in [-0.25, -0.2) is 17.8 Å². The first-order valence-electron chi connectivity index (χ1n) is 6.17. The third-order valence-electron chi connectivity index (χ3n) is 3.08. The van der Waals surface area contributed by atoms with Gasteiger partial charge >= 0.3 is 0 Å². The zero-order valence-corrected chi connectivity index (χ0v) is 11.9. The van der Waals surface area contributed by atoms with Crippen LogP contribution < -0.4 is 4.72 Å². The van der Waals surface area contributed by atoms with Crippen LogP contribution in [0.3, 0.4) is 0 Å². The summed E-state index contributed by atoms with van der Waals surface area (Å²) in [6.45, 7) is 1.52. The average Bonchev–Trinajstić information content (AvgIpc) is 2.88. The van der Waals surface area contributed by atoms with Crippen molar-refractivity contribution in [2.45, 2.75) is 11.8 Å². The normalized spacial score (nSPS) is 11.7. The molecule has 0 aliphatic rings. The van der Waals surface area contributed by atoms with Crippen molar-refractivity contribution in [2.24, 2.45) is 0 Å². The Morgan fingerprint density at radius 1 is 1.24 bits per heavy atom. The van der Waals surface area contributed by atoms with E-state index in [4.69, 9.17) is 0 Å². The van der Waals surface area contributed by atoms with Gasteiger partial charge in [0.1, 0.15) is 11.5 Å². The van der Waals surface area contributed by atoms with E-state index >= 15 is 0 Å². The van der Waals surface area contributed by atoms with Crippen molar-refractivity contribution in [3.8, 4) is 0 Å². The summed E-state index contributed by atoms with van der Waals surface area (Å²) in [6.07, 6.45) is 4.96. The fourth-order valence-corrected chi connectivity index (χ4v) is 3.11. The number of sulfonamides is 1. The molecule has 0 bridgehead atoms. The zero-order chi connectivity index (χ0) is 15.0. The standard InChI is InChI=1S/C14H12FN3O2S/c1-10-8-12(3-4-13(10)15)21(19,20)17-11-2-5-14-16-6-7-18(14)9-11/h2-9,17H,1H3. The van der Waals surface area contributed by atoms with Gasteiger partial charge in [-0.05, 0) is 42.8 Å². The highest BCUT2D eigenvalue weighted by molar-refractivity contribution is 7.92. The predicted octanol–water partition coefficient (Wildman–Crippen LogP) is 2.58. The lowest BCUT2D eigenvalue weighted by molar-refractivity contribution is 0.598. The Morgan fingerprint density at radius 3 is 2.81 bits per heavy atom. The van der Waals surface area contributed by atoms with E-state index < -0.39 is 15.8 Å². The molecule has 2 heterocycles. The molecule has 108 valence electrons. The second kappa shape index (κ2) is 4.85. The largest absolute Gasteiger partial charge is 0.305 e. The van der Waals surface area contributed by atoms with E-state index in [1.807, 2.05) is 0 Å². The second-order valence-corrected chi connectivity index (χ2v) is 6.31. The zero-order valence-electron chi connectivity index (χ0n) is 11.1. The Labute approximate surface area is 121 Å². The Morgan fingerprint density at radius 2 is 2.05 bits per heavy atom. The van der Waals surface area contributed by atoms with E-state index in [-0.39, 0.29) is 10.5 Å². The fraction of sp³-hybridized carbons (Fsp3) is 0.0714. The van der Waals surface area contributed by atoms with Crippen LogP contribution in [0.1, 0.15) is 5.56 Å². The van der Waals surface area contributed by atoms with Crippen molar-refractivity contribution >= 4 is 21.4 Å². The van der Waals surface area contributed by atoms with Crippen LogP contribution in [-0.4, -0.2) is 17.8 Å². The Bertz CT molecular complexity index is 919. The van der Waals surface area contributed by atoms with Gasteiger partial charge in [0.2, 0.25) is 0 Å². The topological polar surface area (TPSA) is 63.5 Å². The van der Waals surface area contributed by atoms with E-state index in [0.717, 1.165) is 11.7 Å². The van der Waals surface area contributed by atoms with Gasteiger partial charge in [0.15, 0.2) is 0 Å². The number of fused-ring (bicyclic) bond motifs is 1. The molecule has 0 aliphatic heterocycles. The van der Waals surface area contributed by atoms with Gasteiger partial charge in [-0.2, -0.15) is 0 Å². The molecule has 0 spiro atoms. The maximum Gasteiger partial charge on any atom is 0.261 e. The highest BCUT2D eigenvalue weighted by atomic mass is 32.2. The minimum atomic E-state index is -3.75. The first kappa shape index (κ1) is 13.6. The summed E-state index contributed by atoms with van der Waals surface area (Å²) in [6, 6.07) is 7.00.